The lowest BCUT2D eigenvalue weighted by molar-refractivity contribution is 0.896. The van der Waals surface area contributed by atoms with Crippen LogP contribution in [-0.4, -0.2) is 6.54 Å². The number of hydrogen-bond acceptors (Lipinski definition) is 1. The quantitative estimate of drug-likeness (QED) is 0.226. The van der Waals surface area contributed by atoms with Gasteiger partial charge in [-0.25, -0.2) is 0 Å². The highest BCUT2D eigenvalue weighted by Crippen LogP contribution is 2.10. The highest BCUT2D eigenvalue weighted by Gasteiger charge is 1.98. The van der Waals surface area contributed by atoms with Crippen molar-refractivity contribution in [3.05, 3.63) is 167 Å². The Kier molecular flexibility index (Phi) is 27.8. The molecule has 0 spiro atoms. The zero-order chi connectivity index (χ0) is 34.5. The molecule has 3 aromatic rings. The average molecular weight is 608 g/mol. The first-order chi connectivity index (χ1) is 21.7. The van der Waals surface area contributed by atoms with Crippen LogP contribution in [0.15, 0.2) is 133 Å². The highest BCUT2D eigenvalue weighted by atomic mass is 14.9. The summed E-state index contributed by atoms with van der Waals surface area (Å²) in [5.41, 5.74) is 12.1. The molecule has 246 valence electrons. The van der Waals surface area contributed by atoms with E-state index in [0.29, 0.717) is 0 Å². The average Bonchev–Trinajstić information content (AvgIpc) is 3.06. The third-order valence-electron chi connectivity index (χ3n) is 6.99. The lowest BCUT2D eigenvalue weighted by Gasteiger charge is -2.11. The van der Waals surface area contributed by atoms with Gasteiger partial charge in [-0.3, -0.25) is 0 Å². The van der Waals surface area contributed by atoms with Gasteiger partial charge in [-0.15, -0.1) is 0 Å². The van der Waals surface area contributed by atoms with Crippen molar-refractivity contribution in [1.82, 2.24) is 5.32 Å². The monoisotopic (exact) mass is 608 g/mol. The molecule has 0 heterocycles. The molecule has 0 aliphatic heterocycles. The maximum atomic E-state index is 3.75. The molecule has 1 N–H and O–H groups in total. The predicted octanol–water partition coefficient (Wildman–Crippen LogP) is 12.8. The predicted molar refractivity (Wildman–Crippen MR) is 207 cm³/mol. The van der Waals surface area contributed by atoms with E-state index >= 15 is 0 Å². The summed E-state index contributed by atoms with van der Waals surface area (Å²) in [6.45, 7) is 31.5. The summed E-state index contributed by atoms with van der Waals surface area (Å²) in [5, 5.41) is 3.32. The summed E-state index contributed by atoms with van der Waals surface area (Å²) in [5.74, 6) is 0. The van der Waals surface area contributed by atoms with E-state index in [1.807, 2.05) is 19.9 Å². The maximum absolute atomic E-state index is 3.75. The van der Waals surface area contributed by atoms with Crippen molar-refractivity contribution in [3.63, 3.8) is 0 Å². The Bertz CT molecular complexity index is 1240. The van der Waals surface area contributed by atoms with Crippen molar-refractivity contribution < 1.29 is 0 Å². The topological polar surface area (TPSA) is 12.0 Å². The van der Waals surface area contributed by atoms with Crippen LogP contribution in [0, 0.1) is 20.8 Å². The molecule has 0 atom stereocenters. The van der Waals surface area contributed by atoms with Gasteiger partial charge in [0.15, 0.2) is 0 Å². The molecular formula is C44H65N. The molecule has 1 nitrogen and oxygen atoms in total. The number of nitrogens with one attached hydrogen (secondary N) is 1. The smallest absolute Gasteiger partial charge is 0.0400 e. The zero-order valence-corrected chi connectivity index (χ0v) is 30.8. The molecule has 0 bridgehead atoms. The molecule has 0 fully saturated rings. The Labute approximate surface area is 279 Å². The van der Waals surface area contributed by atoms with Crippen LogP contribution in [0.4, 0.5) is 0 Å². The minimum absolute atomic E-state index is 0.824. The van der Waals surface area contributed by atoms with Crippen molar-refractivity contribution in [2.45, 2.75) is 102 Å². The lowest BCUT2D eigenvalue weighted by Crippen LogP contribution is -2.15. The fourth-order valence-corrected chi connectivity index (χ4v) is 4.30. The van der Waals surface area contributed by atoms with E-state index in [4.69, 9.17) is 0 Å². The normalized spacial score (nSPS) is 10.7. The van der Waals surface area contributed by atoms with Crippen molar-refractivity contribution in [2.75, 3.05) is 6.54 Å². The van der Waals surface area contributed by atoms with Crippen LogP contribution in [0.25, 0.3) is 0 Å². The van der Waals surface area contributed by atoms with Crippen LogP contribution in [0.1, 0.15) is 95.2 Å². The maximum Gasteiger partial charge on any atom is 0.0400 e. The summed E-state index contributed by atoms with van der Waals surface area (Å²) in [6.07, 6.45) is 14.3. The summed E-state index contributed by atoms with van der Waals surface area (Å²) in [7, 11) is 0. The molecule has 0 aliphatic carbocycles. The Morgan fingerprint density at radius 3 is 1.60 bits per heavy atom. The number of benzene rings is 3. The number of allylic oxidation sites excluding steroid dienone is 5. The molecule has 3 rings (SSSR count). The third-order valence-corrected chi connectivity index (χ3v) is 6.99. The number of aryl methyl sites for hydroxylation is 6. The molecular weight excluding hydrogens is 542 g/mol. The Morgan fingerprint density at radius 2 is 1.27 bits per heavy atom. The largest absolute Gasteiger partial charge is 0.381 e. The second kappa shape index (κ2) is 28.9. The van der Waals surface area contributed by atoms with E-state index in [1.54, 1.807) is 12.2 Å². The number of rotatable bonds is 10. The minimum atomic E-state index is 0.824. The van der Waals surface area contributed by atoms with Gasteiger partial charge in [0.05, 0.1) is 0 Å². The van der Waals surface area contributed by atoms with Gasteiger partial charge in [-0.2, -0.15) is 0 Å². The highest BCUT2D eigenvalue weighted by molar-refractivity contribution is 5.32. The van der Waals surface area contributed by atoms with Crippen molar-refractivity contribution in [2.24, 2.45) is 0 Å². The Hall–Kier alpha value is -3.84. The van der Waals surface area contributed by atoms with Crippen molar-refractivity contribution in [1.29, 1.82) is 0 Å². The van der Waals surface area contributed by atoms with Crippen LogP contribution in [-0.2, 0) is 19.3 Å². The van der Waals surface area contributed by atoms with Crippen molar-refractivity contribution >= 4 is 0 Å². The fraction of sp³-hybridized carbons (Fsp3) is 0.364. The van der Waals surface area contributed by atoms with E-state index in [2.05, 4.69) is 166 Å². The van der Waals surface area contributed by atoms with Gasteiger partial charge in [0, 0.05) is 12.2 Å². The van der Waals surface area contributed by atoms with Crippen LogP contribution < -0.4 is 5.32 Å². The number of hydrogen-bond donors (Lipinski definition) is 1. The van der Waals surface area contributed by atoms with Gasteiger partial charge >= 0.3 is 0 Å². The molecule has 3 aromatic carbocycles. The first kappa shape index (κ1) is 43.3. The third kappa shape index (κ3) is 21.5. The van der Waals surface area contributed by atoms with Gasteiger partial charge in [-0.05, 0) is 100 Å². The van der Waals surface area contributed by atoms with Crippen LogP contribution >= 0.6 is 0 Å². The van der Waals surface area contributed by atoms with Crippen LogP contribution in [0.3, 0.4) is 0 Å². The van der Waals surface area contributed by atoms with E-state index < -0.39 is 0 Å². The van der Waals surface area contributed by atoms with E-state index in [0.717, 1.165) is 37.9 Å². The van der Waals surface area contributed by atoms with Crippen molar-refractivity contribution in [3.8, 4) is 0 Å². The standard InChI is InChI=1S/C15H23N.3C9H12.C2H6/c1-6-10-13(5)14(8-3)12-16-15(9-4)11-7-2;2*1-3-9-6-4-5-8(2)7-9;1-3-9-7-5-4-6-8(9)2;1-2/h7-11,16H,2,4,6,12H2,1,3,5H3;3*4-7H,3H2,1-2H3;1-2H3/b13-10-,14-8-,15-11+;;;;. The molecule has 0 unspecified atom stereocenters. The molecule has 0 radical (unpaired) electrons. The Balaban J connectivity index is 0. The minimum Gasteiger partial charge on any atom is -0.381 e. The first-order valence-electron chi connectivity index (χ1n) is 16.9. The summed E-state index contributed by atoms with van der Waals surface area (Å²) in [4.78, 5) is 0. The molecule has 0 saturated carbocycles. The zero-order valence-electron chi connectivity index (χ0n) is 30.8. The summed E-state index contributed by atoms with van der Waals surface area (Å²) < 4.78 is 0. The molecule has 0 aliphatic rings. The van der Waals surface area contributed by atoms with Crippen LogP contribution in [0.2, 0.25) is 0 Å². The van der Waals surface area contributed by atoms with Crippen LogP contribution in [0.5, 0.6) is 0 Å². The Morgan fingerprint density at radius 1 is 0.733 bits per heavy atom. The molecule has 45 heavy (non-hydrogen) atoms. The fourth-order valence-electron chi connectivity index (χ4n) is 4.30. The van der Waals surface area contributed by atoms with E-state index in [9.17, 15) is 0 Å². The summed E-state index contributed by atoms with van der Waals surface area (Å²) >= 11 is 0. The summed E-state index contributed by atoms with van der Waals surface area (Å²) in [6, 6.07) is 25.7. The molecule has 0 amide bonds. The van der Waals surface area contributed by atoms with E-state index in [-0.39, 0.29) is 0 Å². The SMILES string of the molecule is C=C/C=C(\C=C)NCC(=C/C)/C(C)=C\CC.CC.CCc1cccc(C)c1.CCc1cccc(C)c1.CCc1ccccc1C. The van der Waals surface area contributed by atoms with Gasteiger partial charge < -0.3 is 5.32 Å². The van der Waals surface area contributed by atoms with Gasteiger partial charge in [0.1, 0.15) is 0 Å². The molecule has 0 saturated heterocycles. The molecule has 0 aromatic heterocycles. The lowest BCUT2D eigenvalue weighted by atomic mass is 10.1. The second-order valence-corrected chi connectivity index (χ2v) is 10.5. The van der Waals surface area contributed by atoms with E-state index in [1.165, 1.54) is 44.5 Å². The second-order valence-electron chi connectivity index (χ2n) is 10.5. The molecule has 1 heteroatoms. The van der Waals surface area contributed by atoms with Gasteiger partial charge in [0.25, 0.3) is 0 Å². The first-order valence-corrected chi connectivity index (χ1v) is 16.9. The van der Waals surface area contributed by atoms with Gasteiger partial charge in [-0.1, -0.05) is 162 Å². The van der Waals surface area contributed by atoms with Gasteiger partial charge in [0.2, 0.25) is 0 Å².